The number of nitrogens with zero attached hydrogens (tertiary/aromatic N) is 2. The lowest BCUT2D eigenvalue weighted by Gasteiger charge is -2.46. The highest BCUT2D eigenvalue weighted by Crippen LogP contribution is 2.65. The minimum absolute atomic E-state index is 0.0344. The number of morpholine rings is 1. The second kappa shape index (κ2) is 15.7. The van der Waals surface area contributed by atoms with E-state index in [9.17, 15) is 19.8 Å². The van der Waals surface area contributed by atoms with Gasteiger partial charge in [-0.15, -0.1) is 0 Å². The van der Waals surface area contributed by atoms with Gasteiger partial charge in [0, 0.05) is 13.7 Å². The van der Waals surface area contributed by atoms with Crippen LogP contribution in [-0.2, 0) is 34.0 Å². The Labute approximate surface area is 329 Å². The monoisotopic (exact) mass is 767 g/mol. The number of carbonyl (C=O) groups is 4. The number of ether oxygens (including phenoxy) is 3. The Hall–Kier alpha value is -6.34. The molecule has 290 valence electrons. The van der Waals surface area contributed by atoms with Crippen molar-refractivity contribution in [2.24, 2.45) is 5.92 Å². The molecule has 3 aliphatic rings. The SMILES string of the molecule is COCCOC(=O)N1C(=O)[C@@]2(c3ccccc31)[C@H](c1ccc(O)cc1)N1[C@H](c3ccccc3)[C@H](c3ccccc3)OC(=O)[C@H]1[C@@H]2C(=O)NC[C@H](O)c1ccccc1. The molecule has 5 aromatic rings. The predicted octanol–water partition coefficient (Wildman–Crippen LogP) is 5.69. The van der Waals surface area contributed by atoms with Crippen LogP contribution in [0, 0.1) is 5.92 Å². The molecular weight excluding hydrogens is 727 g/mol. The number of rotatable bonds is 10. The number of para-hydroxylation sites is 1. The van der Waals surface area contributed by atoms with Crippen molar-refractivity contribution >= 4 is 29.6 Å². The molecule has 0 saturated carbocycles. The number of aromatic hydroxyl groups is 1. The molecule has 3 N–H and O–H groups in total. The molecule has 0 unspecified atom stereocenters. The molecule has 2 fully saturated rings. The Kier molecular flexibility index (Phi) is 10.3. The lowest BCUT2D eigenvalue weighted by Crippen LogP contribution is -2.56. The van der Waals surface area contributed by atoms with Gasteiger partial charge in [0.1, 0.15) is 29.9 Å². The number of cyclic esters (lactones) is 1. The van der Waals surface area contributed by atoms with E-state index in [0.717, 1.165) is 10.5 Å². The lowest BCUT2D eigenvalue weighted by molar-refractivity contribution is -0.178. The van der Waals surface area contributed by atoms with Gasteiger partial charge in [-0.2, -0.15) is 0 Å². The van der Waals surface area contributed by atoms with Crippen LogP contribution in [0.2, 0.25) is 0 Å². The molecule has 3 heterocycles. The first-order valence-corrected chi connectivity index (χ1v) is 18.7. The number of anilines is 1. The Bertz CT molecular complexity index is 2260. The van der Waals surface area contributed by atoms with E-state index in [2.05, 4.69) is 5.32 Å². The van der Waals surface area contributed by atoms with Crippen molar-refractivity contribution in [3.05, 3.63) is 167 Å². The van der Waals surface area contributed by atoms with Gasteiger partial charge in [0.05, 0.1) is 36.4 Å². The zero-order chi connectivity index (χ0) is 39.7. The third-order valence-corrected chi connectivity index (χ3v) is 11.2. The fraction of sp³-hybridized carbons (Fsp3) is 0.244. The van der Waals surface area contributed by atoms with Gasteiger partial charge in [0.15, 0.2) is 0 Å². The molecule has 7 atom stereocenters. The number of benzene rings is 5. The van der Waals surface area contributed by atoms with Crippen LogP contribution in [0.4, 0.5) is 10.5 Å². The Morgan fingerprint density at radius 2 is 1.39 bits per heavy atom. The highest BCUT2D eigenvalue weighted by Gasteiger charge is 2.75. The third kappa shape index (κ3) is 6.41. The maximum Gasteiger partial charge on any atom is 0.421 e. The summed E-state index contributed by atoms with van der Waals surface area (Å²) in [6, 6.07) is 37.2. The van der Waals surface area contributed by atoms with Crippen molar-refractivity contribution in [1.29, 1.82) is 0 Å². The summed E-state index contributed by atoms with van der Waals surface area (Å²) in [6.45, 7) is -0.311. The van der Waals surface area contributed by atoms with Crippen molar-refractivity contribution in [1.82, 2.24) is 10.2 Å². The van der Waals surface area contributed by atoms with Crippen LogP contribution in [0.25, 0.3) is 0 Å². The number of phenols is 1. The molecule has 1 spiro atoms. The number of amides is 3. The second-order valence-electron chi connectivity index (χ2n) is 14.3. The average molecular weight is 768 g/mol. The van der Waals surface area contributed by atoms with E-state index in [0.29, 0.717) is 22.3 Å². The van der Waals surface area contributed by atoms with Gasteiger partial charge in [-0.1, -0.05) is 121 Å². The van der Waals surface area contributed by atoms with Crippen LogP contribution in [0.5, 0.6) is 5.75 Å². The molecule has 57 heavy (non-hydrogen) atoms. The van der Waals surface area contributed by atoms with Crippen LogP contribution in [-0.4, -0.2) is 71.9 Å². The summed E-state index contributed by atoms with van der Waals surface area (Å²) in [6.07, 6.45) is -2.98. The first kappa shape index (κ1) is 37.6. The minimum Gasteiger partial charge on any atom is -0.508 e. The van der Waals surface area contributed by atoms with Gasteiger partial charge < -0.3 is 29.7 Å². The maximum absolute atomic E-state index is 15.8. The molecular formula is C45H41N3O9. The first-order valence-electron chi connectivity index (χ1n) is 18.7. The number of phenolic OH excluding ortho intramolecular Hbond substituents is 1. The highest BCUT2D eigenvalue weighted by molar-refractivity contribution is 6.23. The summed E-state index contributed by atoms with van der Waals surface area (Å²) >= 11 is 0. The molecule has 0 radical (unpaired) electrons. The van der Waals surface area contributed by atoms with E-state index in [4.69, 9.17) is 14.2 Å². The minimum atomic E-state index is -1.96. The van der Waals surface area contributed by atoms with E-state index in [-0.39, 0.29) is 31.2 Å². The van der Waals surface area contributed by atoms with Crippen molar-refractivity contribution in [2.45, 2.75) is 35.7 Å². The van der Waals surface area contributed by atoms with Gasteiger partial charge in [-0.3, -0.25) is 19.3 Å². The molecule has 0 aliphatic carbocycles. The zero-order valence-electron chi connectivity index (χ0n) is 31.0. The van der Waals surface area contributed by atoms with Crippen molar-refractivity contribution in [2.75, 3.05) is 31.8 Å². The van der Waals surface area contributed by atoms with Gasteiger partial charge in [-0.25, -0.2) is 9.69 Å². The molecule has 5 aromatic carbocycles. The van der Waals surface area contributed by atoms with Gasteiger partial charge >= 0.3 is 12.1 Å². The largest absolute Gasteiger partial charge is 0.508 e. The zero-order valence-corrected chi connectivity index (χ0v) is 31.0. The maximum atomic E-state index is 15.8. The van der Waals surface area contributed by atoms with Crippen LogP contribution >= 0.6 is 0 Å². The van der Waals surface area contributed by atoms with E-state index in [1.165, 1.54) is 19.2 Å². The summed E-state index contributed by atoms with van der Waals surface area (Å²) in [5.41, 5.74) is 1.05. The van der Waals surface area contributed by atoms with E-state index >= 15 is 9.59 Å². The van der Waals surface area contributed by atoms with Crippen LogP contribution < -0.4 is 10.2 Å². The normalized spacial score (nSPS) is 24.4. The average Bonchev–Trinajstić information content (AvgIpc) is 3.70. The topological polar surface area (TPSA) is 155 Å². The second-order valence-corrected chi connectivity index (χ2v) is 14.3. The predicted molar refractivity (Wildman–Crippen MR) is 208 cm³/mol. The third-order valence-electron chi connectivity index (χ3n) is 11.2. The van der Waals surface area contributed by atoms with Crippen molar-refractivity contribution in [3.63, 3.8) is 0 Å². The summed E-state index contributed by atoms with van der Waals surface area (Å²) in [5, 5.41) is 24.6. The Balaban J connectivity index is 1.38. The Morgan fingerprint density at radius 1 is 0.772 bits per heavy atom. The summed E-state index contributed by atoms with van der Waals surface area (Å²) < 4.78 is 17.1. The number of methoxy groups -OCH3 is 1. The highest BCUT2D eigenvalue weighted by atomic mass is 16.6. The fourth-order valence-corrected chi connectivity index (χ4v) is 8.88. The van der Waals surface area contributed by atoms with Crippen molar-refractivity contribution < 1.29 is 43.6 Å². The molecule has 12 nitrogen and oxygen atoms in total. The van der Waals surface area contributed by atoms with Crippen LogP contribution in [0.1, 0.15) is 52.1 Å². The molecule has 2 saturated heterocycles. The summed E-state index contributed by atoms with van der Waals surface area (Å²) in [4.78, 5) is 62.8. The van der Waals surface area contributed by atoms with E-state index in [1.54, 1.807) is 60.7 Å². The van der Waals surface area contributed by atoms with Gasteiger partial charge in [-0.05, 0) is 46.0 Å². The molecule has 0 bridgehead atoms. The molecule has 0 aromatic heterocycles. The van der Waals surface area contributed by atoms with Gasteiger partial charge in [0.25, 0.3) is 0 Å². The first-order chi connectivity index (χ1) is 27.8. The molecule has 3 aliphatic heterocycles. The quantitative estimate of drug-likeness (QED) is 0.119. The summed E-state index contributed by atoms with van der Waals surface area (Å²) in [7, 11) is 1.46. The number of esters is 1. The number of hydrogen-bond acceptors (Lipinski definition) is 10. The van der Waals surface area contributed by atoms with Crippen LogP contribution in [0.3, 0.4) is 0 Å². The molecule has 8 rings (SSSR count). The number of imide groups is 1. The van der Waals surface area contributed by atoms with E-state index in [1.807, 2.05) is 71.6 Å². The number of hydrogen-bond donors (Lipinski definition) is 3. The number of carbonyl (C=O) groups excluding carboxylic acids is 4. The number of nitrogens with one attached hydrogen (secondary N) is 1. The van der Waals surface area contributed by atoms with Crippen LogP contribution in [0.15, 0.2) is 140 Å². The van der Waals surface area contributed by atoms with Crippen molar-refractivity contribution in [3.8, 4) is 5.75 Å². The molecule has 12 heteroatoms. The molecule has 3 amide bonds. The standard InChI is InChI=1S/C45H41N3O9/c1-55-25-26-56-44(54)47-34-20-12-11-19-33(34)45(43(47)53)36(41(51)46-27-35(50)28-13-5-2-6-14-28)38-42(52)57-39(30-17-9-4-10-18-30)37(29-15-7-3-8-16-29)48(38)40(45)31-21-23-32(49)24-22-31/h2-24,35-40,49-50H,25-27H2,1H3,(H,46,51)/t35-,36+,37+,38+,39-,40-,45+/m0/s1. The number of aliphatic hydroxyl groups is 1. The fourth-order valence-electron chi connectivity index (χ4n) is 8.88. The number of fused-ring (bicyclic) bond motifs is 3. The summed E-state index contributed by atoms with van der Waals surface area (Å²) in [5.74, 6) is -3.78. The Morgan fingerprint density at radius 3 is 2.05 bits per heavy atom. The van der Waals surface area contributed by atoms with E-state index < -0.39 is 65.5 Å². The smallest absolute Gasteiger partial charge is 0.421 e. The number of aliphatic hydroxyl groups excluding tert-OH is 1. The lowest BCUT2D eigenvalue weighted by atomic mass is 9.65. The van der Waals surface area contributed by atoms with Gasteiger partial charge in [0.2, 0.25) is 11.8 Å².